The van der Waals surface area contributed by atoms with Crippen LogP contribution in [0.1, 0.15) is 22.8 Å². The number of rotatable bonds is 7. The third-order valence-corrected chi connectivity index (χ3v) is 3.67. The lowest BCUT2D eigenvalue weighted by molar-refractivity contribution is -0.384. The number of nitrogens with one attached hydrogen (secondary N) is 2. The minimum Gasteiger partial charge on any atom is -0.449 e. The number of nitro benzene ring substituents is 1. The van der Waals surface area contributed by atoms with E-state index in [4.69, 9.17) is 4.74 Å². The van der Waals surface area contributed by atoms with E-state index in [-0.39, 0.29) is 11.3 Å². The quantitative estimate of drug-likeness (QED) is 0.447. The Bertz CT molecular complexity index is 808. The molecule has 0 aromatic heterocycles. The molecule has 1 atom stereocenters. The number of nitrogens with zero attached hydrogens (tertiary/aromatic N) is 1. The number of hydrogen-bond acceptors (Lipinski definition) is 6. The minimum atomic E-state index is -1.05. The molecule has 2 aromatic rings. The van der Waals surface area contributed by atoms with E-state index >= 15 is 0 Å². The number of amides is 1. The Balaban J connectivity index is 2.02. The average molecular weight is 357 g/mol. The Hall–Kier alpha value is -3.42. The van der Waals surface area contributed by atoms with Crippen LogP contribution in [-0.2, 0) is 16.1 Å². The second-order valence-electron chi connectivity index (χ2n) is 5.49. The summed E-state index contributed by atoms with van der Waals surface area (Å²) in [5.41, 5.74) is 1.04. The van der Waals surface area contributed by atoms with Gasteiger partial charge in [-0.3, -0.25) is 14.9 Å². The molecule has 8 nitrogen and oxygen atoms in total. The maximum absolute atomic E-state index is 12.3. The van der Waals surface area contributed by atoms with Crippen LogP contribution in [0.15, 0.2) is 48.5 Å². The van der Waals surface area contributed by atoms with Crippen LogP contribution in [-0.4, -0.2) is 30.0 Å². The van der Waals surface area contributed by atoms with Crippen LogP contribution in [0, 0.1) is 10.1 Å². The van der Waals surface area contributed by atoms with Crippen molar-refractivity contribution in [2.75, 3.05) is 12.4 Å². The lowest BCUT2D eigenvalue weighted by Crippen LogP contribution is -2.35. The van der Waals surface area contributed by atoms with Crippen molar-refractivity contribution >= 4 is 23.3 Å². The molecule has 8 heteroatoms. The molecule has 0 unspecified atom stereocenters. The first-order valence-corrected chi connectivity index (χ1v) is 7.91. The van der Waals surface area contributed by atoms with Gasteiger partial charge in [0.1, 0.15) is 0 Å². The molecule has 0 saturated heterocycles. The predicted molar refractivity (Wildman–Crippen MR) is 95.8 cm³/mol. The van der Waals surface area contributed by atoms with Gasteiger partial charge in [-0.25, -0.2) is 4.79 Å². The van der Waals surface area contributed by atoms with Gasteiger partial charge >= 0.3 is 5.97 Å². The van der Waals surface area contributed by atoms with Crippen LogP contribution in [0.3, 0.4) is 0 Å². The van der Waals surface area contributed by atoms with Gasteiger partial charge < -0.3 is 15.4 Å². The summed E-state index contributed by atoms with van der Waals surface area (Å²) in [5.74, 6) is -1.28. The molecule has 0 radical (unpaired) electrons. The second-order valence-corrected chi connectivity index (χ2v) is 5.49. The third kappa shape index (κ3) is 4.79. The molecular formula is C18H19N3O5. The fourth-order valence-corrected chi connectivity index (χ4v) is 2.24. The SMILES string of the molecule is CNc1ccc([N+](=O)[O-])cc1C(=O)O[C@H](C)C(=O)NCc1ccccc1. The largest absolute Gasteiger partial charge is 0.449 e. The first-order chi connectivity index (χ1) is 12.4. The van der Waals surface area contributed by atoms with E-state index in [1.165, 1.54) is 19.1 Å². The number of esters is 1. The van der Waals surface area contributed by atoms with E-state index in [9.17, 15) is 19.7 Å². The highest BCUT2D eigenvalue weighted by atomic mass is 16.6. The molecule has 0 spiro atoms. The number of nitro groups is 1. The molecule has 0 bridgehead atoms. The smallest absolute Gasteiger partial charge is 0.341 e. The van der Waals surface area contributed by atoms with Crippen LogP contribution >= 0.6 is 0 Å². The molecule has 26 heavy (non-hydrogen) atoms. The van der Waals surface area contributed by atoms with Crippen molar-refractivity contribution < 1.29 is 19.2 Å². The van der Waals surface area contributed by atoms with Gasteiger partial charge in [-0.15, -0.1) is 0 Å². The highest BCUT2D eigenvalue weighted by Crippen LogP contribution is 2.23. The van der Waals surface area contributed by atoms with Crippen molar-refractivity contribution in [3.63, 3.8) is 0 Å². The Labute approximate surface area is 150 Å². The van der Waals surface area contributed by atoms with E-state index in [1.54, 1.807) is 7.05 Å². The van der Waals surface area contributed by atoms with Gasteiger partial charge in [0.2, 0.25) is 0 Å². The molecule has 0 heterocycles. The van der Waals surface area contributed by atoms with Crippen LogP contribution in [0.5, 0.6) is 0 Å². The number of carbonyl (C=O) groups excluding carboxylic acids is 2. The molecule has 1 amide bonds. The first kappa shape index (κ1) is 18.9. The molecule has 0 aliphatic carbocycles. The summed E-state index contributed by atoms with van der Waals surface area (Å²) in [5, 5.41) is 16.3. The fraction of sp³-hybridized carbons (Fsp3) is 0.222. The second kappa shape index (κ2) is 8.61. The summed E-state index contributed by atoms with van der Waals surface area (Å²) in [6.07, 6.45) is -1.05. The van der Waals surface area contributed by atoms with E-state index in [0.717, 1.165) is 11.6 Å². The minimum absolute atomic E-state index is 0.00981. The molecule has 0 fully saturated rings. The number of anilines is 1. The number of benzene rings is 2. The van der Waals surface area contributed by atoms with Crippen LogP contribution in [0.25, 0.3) is 0 Å². The maximum atomic E-state index is 12.3. The molecular weight excluding hydrogens is 338 g/mol. The molecule has 0 aliphatic rings. The average Bonchev–Trinajstić information content (AvgIpc) is 2.66. The normalized spacial score (nSPS) is 11.3. The number of hydrogen-bond donors (Lipinski definition) is 2. The molecule has 0 saturated carbocycles. The summed E-state index contributed by atoms with van der Waals surface area (Å²) in [6.45, 7) is 1.74. The summed E-state index contributed by atoms with van der Waals surface area (Å²) in [6, 6.07) is 13.1. The van der Waals surface area contributed by atoms with Crippen molar-refractivity contribution in [2.24, 2.45) is 0 Å². The van der Waals surface area contributed by atoms with E-state index in [1.807, 2.05) is 30.3 Å². The van der Waals surface area contributed by atoms with Gasteiger partial charge in [0, 0.05) is 31.4 Å². The van der Waals surface area contributed by atoms with Gasteiger partial charge in [-0.2, -0.15) is 0 Å². The van der Waals surface area contributed by atoms with Gasteiger partial charge in [0.25, 0.3) is 11.6 Å². The zero-order valence-corrected chi connectivity index (χ0v) is 14.4. The van der Waals surface area contributed by atoms with Crippen molar-refractivity contribution in [3.05, 3.63) is 69.8 Å². The Morgan fingerprint density at radius 1 is 1.19 bits per heavy atom. The lowest BCUT2D eigenvalue weighted by atomic mass is 10.1. The summed E-state index contributed by atoms with van der Waals surface area (Å²) >= 11 is 0. The summed E-state index contributed by atoms with van der Waals surface area (Å²) in [7, 11) is 1.58. The number of non-ortho nitro benzene ring substituents is 1. The standard InChI is InChI=1S/C18H19N3O5/c1-12(17(22)20-11-13-6-4-3-5-7-13)26-18(23)15-10-14(21(24)25)8-9-16(15)19-2/h3-10,12,19H,11H2,1-2H3,(H,20,22)/t12-/m1/s1. The van der Waals surface area contributed by atoms with Crippen LogP contribution < -0.4 is 10.6 Å². The van der Waals surface area contributed by atoms with E-state index in [0.29, 0.717) is 12.2 Å². The molecule has 136 valence electrons. The van der Waals surface area contributed by atoms with Gasteiger partial charge in [0.15, 0.2) is 6.10 Å². The van der Waals surface area contributed by atoms with Crippen molar-refractivity contribution in [3.8, 4) is 0 Å². The fourth-order valence-electron chi connectivity index (χ4n) is 2.24. The first-order valence-electron chi connectivity index (χ1n) is 7.91. The lowest BCUT2D eigenvalue weighted by Gasteiger charge is -2.15. The molecule has 2 rings (SSSR count). The molecule has 0 aliphatic heterocycles. The van der Waals surface area contributed by atoms with Gasteiger partial charge in [0.05, 0.1) is 10.5 Å². The number of carbonyl (C=O) groups is 2. The maximum Gasteiger partial charge on any atom is 0.341 e. The van der Waals surface area contributed by atoms with Crippen molar-refractivity contribution in [1.29, 1.82) is 0 Å². The topological polar surface area (TPSA) is 111 Å². The summed E-state index contributed by atoms with van der Waals surface area (Å²) < 4.78 is 5.15. The van der Waals surface area contributed by atoms with Crippen LogP contribution in [0.2, 0.25) is 0 Å². The number of ether oxygens (including phenoxy) is 1. The predicted octanol–water partition coefficient (Wildman–Crippen LogP) is 2.50. The van der Waals surface area contributed by atoms with Crippen LogP contribution in [0.4, 0.5) is 11.4 Å². The molecule has 2 aromatic carbocycles. The van der Waals surface area contributed by atoms with E-state index < -0.39 is 22.9 Å². The van der Waals surface area contributed by atoms with E-state index in [2.05, 4.69) is 10.6 Å². The van der Waals surface area contributed by atoms with Crippen molar-refractivity contribution in [2.45, 2.75) is 19.6 Å². The zero-order chi connectivity index (χ0) is 19.1. The Kier molecular flexibility index (Phi) is 6.26. The van der Waals surface area contributed by atoms with Crippen molar-refractivity contribution in [1.82, 2.24) is 5.32 Å². The zero-order valence-electron chi connectivity index (χ0n) is 14.4. The van der Waals surface area contributed by atoms with Gasteiger partial charge in [-0.05, 0) is 18.6 Å². The Morgan fingerprint density at radius 3 is 2.50 bits per heavy atom. The summed E-state index contributed by atoms with van der Waals surface area (Å²) in [4.78, 5) is 34.7. The molecule has 2 N–H and O–H groups in total. The third-order valence-electron chi connectivity index (χ3n) is 3.67. The monoisotopic (exact) mass is 357 g/mol. The Morgan fingerprint density at radius 2 is 1.88 bits per heavy atom. The highest BCUT2D eigenvalue weighted by molar-refractivity contribution is 5.98. The van der Waals surface area contributed by atoms with Gasteiger partial charge in [-0.1, -0.05) is 30.3 Å². The highest BCUT2D eigenvalue weighted by Gasteiger charge is 2.22.